The number of carbonyl (C=O) groups is 2. The van der Waals surface area contributed by atoms with E-state index in [1.54, 1.807) is 24.0 Å². The van der Waals surface area contributed by atoms with Crippen molar-refractivity contribution in [3.8, 4) is 28.6 Å². The fourth-order valence-electron chi connectivity index (χ4n) is 3.91. The maximum atomic E-state index is 12.7. The van der Waals surface area contributed by atoms with Gasteiger partial charge >= 0.3 is 5.97 Å². The highest BCUT2D eigenvalue weighted by Gasteiger charge is 2.29. The summed E-state index contributed by atoms with van der Waals surface area (Å²) in [5.74, 6) is 0.760. The van der Waals surface area contributed by atoms with Crippen molar-refractivity contribution in [1.29, 1.82) is 0 Å². The van der Waals surface area contributed by atoms with E-state index in [1.807, 2.05) is 0 Å². The Labute approximate surface area is 197 Å². The molecule has 1 amide bonds. The number of H-pyrrole nitrogens is 1. The number of nitrogens with one attached hydrogen (secondary N) is 1. The summed E-state index contributed by atoms with van der Waals surface area (Å²) >= 11 is 0. The number of aryl methyl sites for hydroxylation is 1. The Morgan fingerprint density at radius 1 is 1.12 bits per heavy atom. The molecule has 0 saturated carbocycles. The summed E-state index contributed by atoms with van der Waals surface area (Å²) in [4.78, 5) is 41.7. The molecule has 0 bridgehead atoms. The van der Waals surface area contributed by atoms with Crippen molar-refractivity contribution >= 4 is 11.9 Å². The van der Waals surface area contributed by atoms with Crippen molar-refractivity contribution in [2.75, 3.05) is 41.0 Å². The van der Waals surface area contributed by atoms with Gasteiger partial charge in [0.2, 0.25) is 11.7 Å². The quantitative estimate of drug-likeness (QED) is 0.538. The zero-order valence-electron chi connectivity index (χ0n) is 19.9. The zero-order valence-corrected chi connectivity index (χ0v) is 19.9. The number of carbonyl (C=O) groups excluding carboxylic acids is 2. The molecule has 34 heavy (non-hydrogen) atoms. The van der Waals surface area contributed by atoms with Crippen LogP contribution in [0, 0.1) is 5.92 Å². The number of hydrogen-bond donors (Lipinski definition) is 1. The van der Waals surface area contributed by atoms with Gasteiger partial charge < -0.3 is 28.8 Å². The highest BCUT2D eigenvalue weighted by Crippen LogP contribution is 2.40. The van der Waals surface area contributed by atoms with Crippen LogP contribution in [0.5, 0.6) is 17.2 Å². The van der Waals surface area contributed by atoms with Crippen LogP contribution in [0.2, 0.25) is 0 Å². The van der Waals surface area contributed by atoms with Crippen molar-refractivity contribution < 1.29 is 28.5 Å². The van der Waals surface area contributed by atoms with E-state index in [0.717, 1.165) is 6.42 Å². The van der Waals surface area contributed by atoms with Crippen molar-refractivity contribution in [2.45, 2.75) is 32.6 Å². The highest BCUT2D eigenvalue weighted by atomic mass is 16.5. The van der Waals surface area contributed by atoms with Gasteiger partial charge in [-0.3, -0.25) is 14.4 Å². The monoisotopic (exact) mass is 474 g/mol. The molecule has 184 valence electrons. The maximum Gasteiger partial charge on any atom is 0.310 e. The molecule has 2 aromatic rings. The summed E-state index contributed by atoms with van der Waals surface area (Å²) in [6, 6.07) is 3.31. The fourth-order valence-corrected chi connectivity index (χ4v) is 3.91. The summed E-state index contributed by atoms with van der Waals surface area (Å²) < 4.78 is 21.1. The van der Waals surface area contributed by atoms with E-state index in [0.29, 0.717) is 48.9 Å². The molecule has 2 heterocycles. The van der Waals surface area contributed by atoms with E-state index in [4.69, 9.17) is 18.9 Å². The molecule has 1 aromatic heterocycles. The number of hydrogen-bond acceptors (Lipinski definition) is 9. The van der Waals surface area contributed by atoms with Gasteiger partial charge in [0.15, 0.2) is 17.3 Å². The second kappa shape index (κ2) is 11.5. The van der Waals surface area contributed by atoms with Crippen molar-refractivity contribution in [1.82, 2.24) is 20.1 Å². The molecule has 3 rings (SSSR count). The van der Waals surface area contributed by atoms with Gasteiger partial charge in [-0.1, -0.05) is 0 Å². The first kappa shape index (κ1) is 25.0. The minimum atomic E-state index is -0.436. The number of aromatic amines is 1. The second-order valence-electron chi connectivity index (χ2n) is 7.79. The molecule has 1 saturated heterocycles. The number of ether oxygens (including phenoxy) is 4. The average molecular weight is 475 g/mol. The molecule has 1 atom stereocenters. The summed E-state index contributed by atoms with van der Waals surface area (Å²) in [6.07, 6.45) is 1.67. The first-order valence-corrected chi connectivity index (χ1v) is 11.1. The number of likely N-dealkylation sites (tertiary alicyclic amines) is 1. The summed E-state index contributed by atoms with van der Waals surface area (Å²) in [5, 5.41) is 8.16. The SMILES string of the molecule is CCOC(=O)C1CCCN(C(=O)CCc2nnc(-c3cc(OC)c(OC)c(OC)c3)[nH]c2=O)C1. The van der Waals surface area contributed by atoms with E-state index in [2.05, 4.69) is 15.2 Å². The molecule has 1 aliphatic rings. The number of rotatable bonds is 9. The molecule has 0 radical (unpaired) electrons. The smallest absolute Gasteiger partial charge is 0.310 e. The predicted molar refractivity (Wildman–Crippen MR) is 122 cm³/mol. The molecule has 0 spiro atoms. The average Bonchev–Trinajstić information content (AvgIpc) is 2.86. The lowest BCUT2D eigenvalue weighted by atomic mass is 9.98. The van der Waals surface area contributed by atoms with E-state index in [9.17, 15) is 14.4 Å². The molecule has 1 unspecified atom stereocenters. The Kier molecular flexibility index (Phi) is 8.44. The van der Waals surface area contributed by atoms with Crippen LogP contribution in [-0.4, -0.2) is 73.0 Å². The number of benzene rings is 1. The standard InChI is InChI=1S/C23H30N4O7/c1-5-34-23(30)14-7-6-10-27(13-14)19(28)9-8-16-22(29)24-21(26-25-16)15-11-17(31-2)20(33-4)18(12-15)32-3/h11-12,14H,5-10,13H2,1-4H3,(H,24,26,29). The van der Waals surface area contributed by atoms with Crippen LogP contribution in [0.3, 0.4) is 0 Å². The van der Waals surface area contributed by atoms with Gasteiger partial charge in [-0.15, -0.1) is 10.2 Å². The lowest BCUT2D eigenvalue weighted by Gasteiger charge is -2.31. The molecule has 1 aliphatic heterocycles. The third-order valence-corrected chi connectivity index (χ3v) is 5.67. The zero-order chi connectivity index (χ0) is 24.7. The highest BCUT2D eigenvalue weighted by molar-refractivity contribution is 5.78. The summed E-state index contributed by atoms with van der Waals surface area (Å²) in [6.45, 7) is 2.99. The minimum Gasteiger partial charge on any atom is -0.493 e. The molecule has 11 heteroatoms. The van der Waals surface area contributed by atoms with Gasteiger partial charge in [0, 0.05) is 31.5 Å². The van der Waals surface area contributed by atoms with Gasteiger partial charge in [0.25, 0.3) is 5.56 Å². The van der Waals surface area contributed by atoms with Crippen molar-refractivity contribution in [3.05, 3.63) is 28.2 Å². The molecule has 1 fully saturated rings. The molecule has 0 aliphatic carbocycles. The number of methoxy groups -OCH3 is 3. The van der Waals surface area contributed by atoms with Crippen LogP contribution in [-0.2, 0) is 20.7 Å². The number of esters is 1. The molecule has 11 nitrogen and oxygen atoms in total. The lowest BCUT2D eigenvalue weighted by Crippen LogP contribution is -2.43. The Balaban J connectivity index is 1.69. The molecule has 1 N–H and O–H groups in total. The van der Waals surface area contributed by atoms with Crippen LogP contribution < -0.4 is 19.8 Å². The fraction of sp³-hybridized carbons (Fsp3) is 0.522. The van der Waals surface area contributed by atoms with Gasteiger partial charge in [-0.25, -0.2) is 0 Å². The van der Waals surface area contributed by atoms with Crippen molar-refractivity contribution in [3.63, 3.8) is 0 Å². The van der Waals surface area contributed by atoms with Crippen molar-refractivity contribution in [2.24, 2.45) is 5.92 Å². The Hall–Kier alpha value is -3.63. The van der Waals surface area contributed by atoms with Crippen LogP contribution in [0.1, 0.15) is 31.9 Å². The van der Waals surface area contributed by atoms with Crippen LogP contribution in [0.25, 0.3) is 11.4 Å². The number of aromatic nitrogens is 3. The van der Waals surface area contributed by atoms with E-state index < -0.39 is 5.56 Å². The minimum absolute atomic E-state index is 0.0941. The van der Waals surface area contributed by atoms with Crippen LogP contribution in [0.4, 0.5) is 0 Å². The lowest BCUT2D eigenvalue weighted by molar-refractivity contribution is -0.151. The second-order valence-corrected chi connectivity index (χ2v) is 7.79. The Morgan fingerprint density at radius 3 is 2.41 bits per heavy atom. The van der Waals surface area contributed by atoms with Gasteiger partial charge in [0.05, 0.1) is 33.9 Å². The number of piperidine rings is 1. The number of amides is 1. The third-order valence-electron chi connectivity index (χ3n) is 5.67. The topological polar surface area (TPSA) is 133 Å². The largest absolute Gasteiger partial charge is 0.493 e. The maximum absolute atomic E-state index is 12.7. The molecular weight excluding hydrogens is 444 g/mol. The van der Waals surface area contributed by atoms with E-state index in [-0.39, 0.29) is 42.2 Å². The predicted octanol–water partition coefficient (Wildman–Crippen LogP) is 1.59. The van der Waals surface area contributed by atoms with E-state index in [1.165, 1.54) is 21.3 Å². The van der Waals surface area contributed by atoms with Gasteiger partial charge in [-0.05, 0) is 31.9 Å². The summed E-state index contributed by atoms with van der Waals surface area (Å²) in [7, 11) is 4.48. The summed E-state index contributed by atoms with van der Waals surface area (Å²) in [5.41, 5.74) is 0.248. The number of nitrogens with zero attached hydrogens (tertiary/aromatic N) is 3. The van der Waals surface area contributed by atoms with E-state index >= 15 is 0 Å². The Bertz CT molecular complexity index is 1060. The van der Waals surface area contributed by atoms with Crippen LogP contribution >= 0.6 is 0 Å². The Morgan fingerprint density at radius 2 is 1.82 bits per heavy atom. The molecular formula is C23H30N4O7. The van der Waals surface area contributed by atoms with Gasteiger partial charge in [-0.2, -0.15) is 0 Å². The third kappa shape index (κ3) is 5.64. The first-order chi connectivity index (χ1) is 16.4. The van der Waals surface area contributed by atoms with Gasteiger partial charge in [0.1, 0.15) is 5.69 Å². The molecule has 1 aromatic carbocycles. The first-order valence-electron chi connectivity index (χ1n) is 11.1. The van der Waals surface area contributed by atoms with Crippen LogP contribution in [0.15, 0.2) is 16.9 Å². The normalized spacial score (nSPS) is 15.5.